The second-order valence-electron chi connectivity index (χ2n) is 5.00. The van der Waals surface area contributed by atoms with Gasteiger partial charge in [-0.1, -0.05) is 13.0 Å². The van der Waals surface area contributed by atoms with Gasteiger partial charge in [-0.3, -0.25) is 4.79 Å². The van der Waals surface area contributed by atoms with Crippen molar-refractivity contribution in [3.63, 3.8) is 0 Å². The van der Waals surface area contributed by atoms with E-state index in [0.29, 0.717) is 30.2 Å². The van der Waals surface area contributed by atoms with E-state index in [0.717, 1.165) is 17.7 Å². The highest BCUT2D eigenvalue weighted by Crippen LogP contribution is 2.27. The quantitative estimate of drug-likeness (QED) is 0.905. The predicted molar refractivity (Wildman–Crippen MR) is 78.4 cm³/mol. The van der Waals surface area contributed by atoms with Gasteiger partial charge >= 0.3 is 0 Å². The minimum absolute atomic E-state index is 0.134. The van der Waals surface area contributed by atoms with Crippen LogP contribution in [-0.4, -0.2) is 19.1 Å². The van der Waals surface area contributed by atoms with E-state index in [9.17, 15) is 4.79 Å². The Labute approximate surface area is 123 Å². The second kappa shape index (κ2) is 5.61. The monoisotopic (exact) mass is 286 g/mol. The SMILES string of the molecule is CCc1ccc(C(N)c2ccc3c(c2)C(=O)NCCO3)o1. The first-order chi connectivity index (χ1) is 10.2. The van der Waals surface area contributed by atoms with Crippen molar-refractivity contribution in [1.29, 1.82) is 0 Å². The molecular weight excluding hydrogens is 268 g/mol. The van der Waals surface area contributed by atoms with Crippen LogP contribution in [0.15, 0.2) is 34.7 Å². The van der Waals surface area contributed by atoms with Crippen LogP contribution in [0.5, 0.6) is 5.75 Å². The highest BCUT2D eigenvalue weighted by atomic mass is 16.5. The van der Waals surface area contributed by atoms with Gasteiger partial charge in [-0.05, 0) is 29.8 Å². The number of benzene rings is 1. The average Bonchev–Trinajstić information content (AvgIpc) is 2.92. The van der Waals surface area contributed by atoms with E-state index in [1.165, 1.54) is 0 Å². The number of furan rings is 1. The standard InChI is InChI=1S/C16H18N2O3/c1-2-11-4-6-14(21-11)15(17)10-3-5-13-12(9-10)16(19)18-7-8-20-13/h3-6,9,15H,2,7-8,17H2,1H3,(H,18,19). The van der Waals surface area contributed by atoms with E-state index in [1.807, 2.05) is 25.1 Å². The molecule has 0 aliphatic carbocycles. The Morgan fingerprint density at radius 3 is 2.95 bits per heavy atom. The van der Waals surface area contributed by atoms with Gasteiger partial charge in [0, 0.05) is 6.42 Å². The highest BCUT2D eigenvalue weighted by Gasteiger charge is 2.20. The molecule has 2 heterocycles. The maximum Gasteiger partial charge on any atom is 0.255 e. The van der Waals surface area contributed by atoms with Crippen LogP contribution in [0.4, 0.5) is 0 Å². The molecule has 1 amide bonds. The zero-order valence-electron chi connectivity index (χ0n) is 11.9. The summed E-state index contributed by atoms with van der Waals surface area (Å²) in [5, 5.41) is 2.79. The molecule has 1 aliphatic rings. The molecular formula is C16H18N2O3. The van der Waals surface area contributed by atoms with Crippen molar-refractivity contribution >= 4 is 5.91 Å². The van der Waals surface area contributed by atoms with Crippen LogP contribution in [0.2, 0.25) is 0 Å². The topological polar surface area (TPSA) is 77.5 Å². The summed E-state index contributed by atoms with van der Waals surface area (Å²) in [5.41, 5.74) is 7.58. The first kappa shape index (κ1) is 13.7. The van der Waals surface area contributed by atoms with Crippen molar-refractivity contribution in [1.82, 2.24) is 5.32 Å². The number of ether oxygens (including phenoxy) is 1. The van der Waals surface area contributed by atoms with Gasteiger partial charge in [0.2, 0.25) is 0 Å². The Balaban J connectivity index is 1.93. The highest BCUT2D eigenvalue weighted by molar-refractivity contribution is 5.97. The molecule has 1 aromatic carbocycles. The van der Waals surface area contributed by atoms with Gasteiger partial charge in [-0.15, -0.1) is 0 Å². The van der Waals surface area contributed by atoms with Gasteiger partial charge in [-0.25, -0.2) is 0 Å². The Morgan fingerprint density at radius 1 is 1.33 bits per heavy atom. The minimum Gasteiger partial charge on any atom is -0.491 e. The predicted octanol–water partition coefficient (Wildman–Crippen LogP) is 2.01. The molecule has 1 aliphatic heterocycles. The summed E-state index contributed by atoms with van der Waals surface area (Å²) < 4.78 is 11.2. The second-order valence-corrected chi connectivity index (χ2v) is 5.00. The molecule has 0 radical (unpaired) electrons. The third-order valence-electron chi connectivity index (χ3n) is 3.59. The molecule has 5 heteroatoms. The molecule has 2 aromatic rings. The largest absolute Gasteiger partial charge is 0.491 e. The molecule has 21 heavy (non-hydrogen) atoms. The van der Waals surface area contributed by atoms with Gasteiger partial charge in [0.15, 0.2) is 0 Å². The number of carbonyl (C=O) groups excluding carboxylic acids is 1. The molecule has 1 aromatic heterocycles. The lowest BCUT2D eigenvalue weighted by molar-refractivity contribution is 0.0957. The number of rotatable bonds is 3. The summed E-state index contributed by atoms with van der Waals surface area (Å²) in [6.07, 6.45) is 0.827. The third-order valence-corrected chi connectivity index (χ3v) is 3.59. The van der Waals surface area contributed by atoms with Crippen molar-refractivity contribution in [3.05, 3.63) is 53.0 Å². The van der Waals surface area contributed by atoms with E-state index < -0.39 is 6.04 Å². The Bertz CT molecular complexity index is 663. The van der Waals surface area contributed by atoms with Gasteiger partial charge in [0.05, 0.1) is 18.2 Å². The number of aryl methyl sites for hydroxylation is 1. The summed E-state index contributed by atoms with van der Waals surface area (Å²) in [7, 11) is 0. The lowest BCUT2D eigenvalue weighted by atomic mass is 10.0. The van der Waals surface area contributed by atoms with Gasteiger partial charge in [0.1, 0.15) is 23.9 Å². The fourth-order valence-corrected chi connectivity index (χ4v) is 2.38. The smallest absolute Gasteiger partial charge is 0.255 e. The lowest BCUT2D eigenvalue weighted by Crippen LogP contribution is -2.24. The molecule has 0 fully saturated rings. The number of hydrogen-bond donors (Lipinski definition) is 2. The van der Waals surface area contributed by atoms with E-state index >= 15 is 0 Å². The fourth-order valence-electron chi connectivity index (χ4n) is 2.38. The number of nitrogens with two attached hydrogens (primary N) is 1. The van der Waals surface area contributed by atoms with Crippen molar-refractivity contribution in [3.8, 4) is 5.75 Å². The molecule has 0 spiro atoms. The number of amides is 1. The molecule has 3 rings (SSSR count). The molecule has 110 valence electrons. The van der Waals surface area contributed by atoms with Crippen LogP contribution in [0.3, 0.4) is 0 Å². The zero-order valence-corrected chi connectivity index (χ0v) is 11.9. The summed E-state index contributed by atoms with van der Waals surface area (Å²) >= 11 is 0. The van der Waals surface area contributed by atoms with Crippen LogP contribution in [0.1, 0.15) is 40.4 Å². The van der Waals surface area contributed by atoms with Crippen molar-refractivity contribution in [2.75, 3.05) is 13.2 Å². The van der Waals surface area contributed by atoms with Crippen molar-refractivity contribution in [2.45, 2.75) is 19.4 Å². The molecule has 5 nitrogen and oxygen atoms in total. The summed E-state index contributed by atoms with van der Waals surface area (Å²) in [4.78, 5) is 12.0. The number of fused-ring (bicyclic) bond motifs is 1. The summed E-state index contributed by atoms with van der Waals surface area (Å²) in [5.74, 6) is 2.05. The summed E-state index contributed by atoms with van der Waals surface area (Å²) in [6.45, 7) is 3.01. The Kier molecular flexibility index (Phi) is 3.66. The molecule has 0 saturated carbocycles. The molecule has 0 saturated heterocycles. The zero-order chi connectivity index (χ0) is 14.8. The number of hydrogen-bond acceptors (Lipinski definition) is 4. The van der Waals surface area contributed by atoms with Crippen LogP contribution >= 0.6 is 0 Å². The number of carbonyl (C=O) groups is 1. The average molecular weight is 286 g/mol. The lowest BCUT2D eigenvalue weighted by Gasteiger charge is -2.12. The third kappa shape index (κ3) is 2.64. The first-order valence-electron chi connectivity index (χ1n) is 7.08. The Hall–Kier alpha value is -2.27. The van der Waals surface area contributed by atoms with E-state index in [-0.39, 0.29) is 5.91 Å². The fraction of sp³-hybridized carbons (Fsp3) is 0.312. The van der Waals surface area contributed by atoms with Crippen LogP contribution in [0.25, 0.3) is 0 Å². The Morgan fingerprint density at radius 2 is 2.19 bits per heavy atom. The van der Waals surface area contributed by atoms with Crippen LogP contribution < -0.4 is 15.8 Å². The molecule has 0 bridgehead atoms. The minimum atomic E-state index is -0.397. The molecule has 1 atom stereocenters. The molecule has 1 unspecified atom stereocenters. The molecule has 3 N–H and O–H groups in total. The van der Waals surface area contributed by atoms with Crippen LogP contribution in [-0.2, 0) is 6.42 Å². The maximum atomic E-state index is 12.0. The first-order valence-corrected chi connectivity index (χ1v) is 7.08. The van der Waals surface area contributed by atoms with Crippen molar-refractivity contribution in [2.24, 2.45) is 5.73 Å². The number of nitrogens with one attached hydrogen (secondary N) is 1. The normalized spacial score (nSPS) is 15.6. The van der Waals surface area contributed by atoms with E-state index in [4.69, 9.17) is 14.9 Å². The van der Waals surface area contributed by atoms with Crippen LogP contribution in [0, 0.1) is 0 Å². The maximum absolute atomic E-state index is 12.0. The van der Waals surface area contributed by atoms with E-state index in [2.05, 4.69) is 5.32 Å². The van der Waals surface area contributed by atoms with Gasteiger partial charge < -0.3 is 20.2 Å². The summed E-state index contributed by atoms with van der Waals surface area (Å²) in [6, 6.07) is 8.84. The van der Waals surface area contributed by atoms with E-state index in [1.54, 1.807) is 12.1 Å². The van der Waals surface area contributed by atoms with Gasteiger partial charge in [0.25, 0.3) is 5.91 Å². The van der Waals surface area contributed by atoms with Crippen molar-refractivity contribution < 1.29 is 13.9 Å². The van der Waals surface area contributed by atoms with Gasteiger partial charge in [-0.2, -0.15) is 0 Å².